The van der Waals surface area contributed by atoms with Gasteiger partial charge in [0.25, 0.3) is 0 Å². The van der Waals surface area contributed by atoms with E-state index >= 15 is 0 Å². The molecule has 2 amide bonds. The summed E-state index contributed by atoms with van der Waals surface area (Å²) in [4.78, 5) is 37.3. The van der Waals surface area contributed by atoms with Crippen LogP contribution in [-0.4, -0.2) is 110 Å². The molecule has 6 rings (SSSR count). The van der Waals surface area contributed by atoms with Crippen LogP contribution in [0.15, 0.2) is 48.7 Å². The number of nitrogens with zero attached hydrogens (tertiary/aromatic N) is 3. The van der Waals surface area contributed by atoms with Crippen LogP contribution >= 0.6 is 0 Å². The van der Waals surface area contributed by atoms with Crippen molar-refractivity contribution < 1.29 is 24.3 Å². The van der Waals surface area contributed by atoms with Crippen LogP contribution in [-0.2, 0) is 21.0 Å². The number of amides is 2. The molecule has 3 saturated carbocycles. The zero-order valence-electron chi connectivity index (χ0n) is 31.3. The lowest BCUT2D eigenvalue weighted by Gasteiger charge is -2.62. The Morgan fingerprint density at radius 2 is 1.98 bits per heavy atom. The van der Waals surface area contributed by atoms with E-state index < -0.39 is 24.2 Å². The minimum absolute atomic E-state index is 0.0797. The molecule has 50 heavy (non-hydrogen) atoms. The number of carbonyl (C=O) groups excluding carboxylic acids is 2. The molecule has 0 spiro atoms. The van der Waals surface area contributed by atoms with Gasteiger partial charge in [-0.05, 0) is 80.7 Å². The number of hydroxylamine groups is 2. The normalized spacial score (nSPS) is 31.7. The van der Waals surface area contributed by atoms with Crippen LogP contribution in [0.25, 0.3) is 5.57 Å². The zero-order chi connectivity index (χ0) is 36.5. The second-order valence-electron chi connectivity index (χ2n) is 15.9. The number of hydrogen-bond acceptors (Lipinski definition) is 9. The standard InChI is InChI=1S/C39H60N6O5/c1-23(17-29(43(6)7)13-14-34(47)41-28-15-16-44(8)22-28)30-12-10-11-26(37(30)49-9)21-45-36(35(25(3)46)33(20-40)50-45)38(48)42-32-19-27-18-31(24(32)2)39(27,4)5/h10-14,17,24-25,27-28,31-33,35-36,46H,1,15-16,18-22,40H2,2-9H3,(H,41,47)(H,42,48)/b14-13+,29-17+/t24-,25-,27+,28+,31-,32-,33-,35+,36-/m0/s1. The van der Waals surface area contributed by atoms with Gasteiger partial charge in [-0.15, -0.1) is 0 Å². The quantitative estimate of drug-likeness (QED) is 0.182. The minimum Gasteiger partial charge on any atom is -0.496 e. The topological polar surface area (TPSA) is 133 Å². The number of nitrogens with one attached hydrogen (secondary N) is 2. The van der Waals surface area contributed by atoms with Crippen molar-refractivity contribution in [3.8, 4) is 5.75 Å². The highest BCUT2D eigenvalue weighted by Crippen LogP contribution is 2.61. The van der Waals surface area contributed by atoms with Gasteiger partial charge in [-0.1, -0.05) is 45.5 Å². The molecule has 0 radical (unpaired) electrons. The predicted molar refractivity (Wildman–Crippen MR) is 197 cm³/mol. The smallest absolute Gasteiger partial charge is 0.244 e. The summed E-state index contributed by atoms with van der Waals surface area (Å²) in [6, 6.07) is 5.31. The summed E-state index contributed by atoms with van der Waals surface area (Å²) < 4.78 is 5.98. The number of allylic oxidation sites excluding steroid dienone is 3. The van der Waals surface area contributed by atoms with Crippen LogP contribution in [0, 0.1) is 29.1 Å². The third-order valence-corrected chi connectivity index (χ3v) is 12.1. The SMILES string of the molecule is C=C(/C=C(\C=C\C(=O)N[C@@H]1CCN(C)C1)N(C)C)c1cccc(CN2O[C@@H](CN)[C@@H]([C@H](C)O)[C@H]2C(=O)N[C@H]2C[C@H]3C[C@@H]([C@@H]2C)C3(C)C)c1OC. The highest BCUT2D eigenvalue weighted by atomic mass is 16.7. The third kappa shape index (κ3) is 7.82. The van der Waals surface area contributed by atoms with E-state index in [-0.39, 0.29) is 37.0 Å². The Kier molecular flexibility index (Phi) is 11.8. The fourth-order valence-corrected chi connectivity index (χ4v) is 8.95. The highest BCUT2D eigenvalue weighted by molar-refractivity contribution is 5.88. The molecule has 276 valence electrons. The van der Waals surface area contributed by atoms with Crippen molar-refractivity contribution in [2.24, 2.45) is 34.8 Å². The molecule has 2 heterocycles. The minimum atomic E-state index is -0.808. The molecule has 11 nitrogen and oxygen atoms in total. The van der Waals surface area contributed by atoms with Gasteiger partial charge < -0.3 is 36.0 Å². The molecule has 5 aliphatic rings. The molecule has 1 aromatic carbocycles. The van der Waals surface area contributed by atoms with Gasteiger partial charge in [0.15, 0.2) is 0 Å². The van der Waals surface area contributed by atoms with Crippen molar-refractivity contribution in [1.82, 2.24) is 25.5 Å². The molecule has 11 heteroatoms. The number of ether oxygens (including phenoxy) is 1. The van der Waals surface area contributed by atoms with Crippen LogP contribution in [0.1, 0.15) is 58.1 Å². The van der Waals surface area contributed by atoms with Gasteiger partial charge in [-0.2, -0.15) is 5.06 Å². The third-order valence-electron chi connectivity index (χ3n) is 12.1. The van der Waals surface area contributed by atoms with Crippen molar-refractivity contribution in [3.63, 3.8) is 0 Å². The second-order valence-corrected chi connectivity index (χ2v) is 15.9. The molecule has 2 saturated heterocycles. The zero-order valence-corrected chi connectivity index (χ0v) is 31.3. The summed E-state index contributed by atoms with van der Waals surface area (Å²) in [5, 5.41) is 19.1. The number of aliphatic hydroxyl groups is 1. The number of likely N-dealkylation sites (N-methyl/N-ethyl adjacent to an activating group) is 2. The maximum Gasteiger partial charge on any atom is 0.244 e. The number of likely N-dealkylation sites (tertiary alicyclic amines) is 1. The molecule has 0 unspecified atom stereocenters. The fraction of sp³-hybridized carbons (Fsp3) is 0.641. The number of methoxy groups -OCH3 is 1. The van der Waals surface area contributed by atoms with E-state index in [1.807, 2.05) is 43.3 Å². The Morgan fingerprint density at radius 1 is 1.24 bits per heavy atom. The molecule has 5 N–H and O–H groups in total. The van der Waals surface area contributed by atoms with E-state index in [0.29, 0.717) is 34.5 Å². The Morgan fingerprint density at radius 3 is 2.56 bits per heavy atom. The summed E-state index contributed by atoms with van der Waals surface area (Å²) in [5.74, 6) is 1.39. The number of aliphatic hydroxyl groups excluding tert-OH is 1. The van der Waals surface area contributed by atoms with Crippen molar-refractivity contribution in [2.45, 2.75) is 83.8 Å². The highest BCUT2D eigenvalue weighted by Gasteiger charge is 2.57. The fourth-order valence-electron chi connectivity index (χ4n) is 8.95. The number of rotatable bonds is 13. The maximum atomic E-state index is 14.2. The number of carbonyl (C=O) groups is 2. The molecular weight excluding hydrogens is 632 g/mol. The van der Waals surface area contributed by atoms with Crippen LogP contribution in [0.5, 0.6) is 5.75 Å². The number of fused-ring (bicyclic) bond motifs is 2. The van der Waals surface area contributed by atoms with Crippen LogP contribution < -0.4 is 21.1 Å². The monoisotopic (exact) mass is 692 g/mol. The summed E-state index contributed by atoms with van der Waals surface area (Å²) in [6.45, 7) is 15.2. The first kappa shape index (κ1) is 38.0. The predicted octanol–water partition coefficient (Wildman–Crippen LogP) is 3.16. The first-order chi connectivity index (χ1) is 23.7. The lowest BCUT2D eigenvalue weighted by molar-refractivity contribution is -0.175. The Hall–Kier alpha value is -3.22. The van der Waals surface area contributed by atoms with Crippen LogP contribution in [0.4, 0.5) is 0 Å². The lowest BCUT2D eigenvalue weighted by atomic mass is 9.45. The number of benzene rings is 1. The average Bonchev–Trinajstić information content (AvgIpc) is 3.65. The van der Waals surface area contributed by atoms with E-state index in [4.69, 9.17) is 15.3 Å². The van der Waals surface area contributed by atoms with Gasteiger partial charge in [0, 0.05) is 68.1 Å². The van der Waals surface area contributed by atoms with Crippen LogP contribution in [0.2, 0.25) is 0 Å². The molecule has 0 aromatic heterocycles. The molecule has 3 aliphatic carbocycles. The molecular formula is C39H60N6O5. The number of hydrogen-bond donors (Lipinski definition) is 4. The van der Waals surface area contributed by atoms with E-state index in [1.54, 1.807) is 31.2 Å². The Labute approximate surface area is 298 Å². The van der Waals surface area contributed by atoms with Gasteiger partial charge in [-0.3, -0.25) is 14.4 Å². The summed E-state index contributed by atoms with van der Waals surface area (Å²) in [5.41, 5.74) is 9.52. The number of nitrogens with two attached hydrogens (primary N) is 1. The molecule has 1 aromatic rings. The molecule has 5 fully saturated rings. The van der Waals surface area contributed by atoms with Gasteiger partial charge >= 0.3 is 0 Å². The molecule has 2 aliphatic heterocycles. The second kappa shape index (κ2) is 15.6. The first-order valence-electron chi connectivity index (χ1n) is 18.2. The van der Waals surface area contributed by atoms with Crippen molar-refractivity contribution in [1.29, 1.82) is 0 Å². The maximum absolute atomic E-state index is 14.2. The summed E-state index contributed by atoms with van der Waals surface area (Å²) >= 11 is 0. The van der Waals surface area contributed by atoms with E-state index in [0.717, 1.165) is 42.8 Å². The van der Waals surface area contributed by atoms with Crippen molar-refractivity contribution in [2.75, 3.05) is 47.9 Å². The largest absolute Gasteiger partial charge is 0.496 e. The van der Waals surface area contributed by atoms with Gasteiger partial charge in [0.05, 0.1) is 25.9 Å². The van der Waals surface area contributed by atoms with Crippen LogP contribution in [0.3, 0.4) is 0 Å². The van der Waals surface area contributed by atoms with Gasteiger partial charge in [0.2, 0.25) is 11.8 Å². The first-order valence-corrected chi connectivity index (χ1v) is 18.2. The molecule has 2 bridgehead atoms. The number of para-hydroxylation sites is 1. The van der Waals surface area contributed by atoms with Gasteiger partial charge in [-0.25, -0.2) is 0 Å². The van der Waals surface area contributed by atoms with E-state index in [9.17, 15) is 14.7 Å². The summed E-state index contributed by atoms with van der Waals surface area (Å²) in [6.07, 6.45) is 7.07. The summed E-state index contributed by atoms with van der Waals surface area (Å²) in [7, 11) is 7.51. The van der Waals surface area contributed by atoms with Crippen molar-refractivity contribution in [3.05, 3.63) is 59.8 Å². The van der Waals surface area contributed by atoms with Gasteiger partial charge in [0.1, 0.15) is 11.8 Å². The van der Waals surface area contributed by atoms with E-state index in [2.05, 4.69) is 49.9 Å². The lowest BCUT2D eigenvalue weighted by Crippen LogP contribution is -2.62. The van der Waals surface area contributed by atoms with E-state index in [1.165, 1.54) is 6.42 Å². The molecule has 9 atom stereocenters. The average molecular weight is 693 g/mol. The van der Waals surface area contributed by atoms with Crippen molar-refractivity contribution >= 4 is 17.4 Å². The Balaban J connectivity index is 1.35. The Bertz CT molecular complexity index is 1470.